The van der Waals surface area contributed by atoms with E-state index in [9.17, 15) is 18.8 Å². The van der Waals surface area contributed by atoms with Crippen LogP contribution in [0.2, 0.25) is 0 Å². The van der Waals surface area contributed by atoms with Gasteiger partial charge in [-0.2, -0.15) is 0 Å². The number of nitrogens with one attached hydrogen (secondary N) is 1. The van der Waals surface area contributed by atoms with Crippen molar-refractivity contribution in [2.24, 2.45) is 0 Å². The van der Waals surface area contributed by atoms with Crippen molar-refractivity contribution < 1.29 is 18.8 Å². The van der Waals surface area contributed by atoms with Crippen LogP contribution in [-0.2, 0) is 14.4 Å². The molecule has 1 aliphatic rings. The van der Waals surface area contributed by atoms with E-state index in [0.29, 0.717) is 41.6 Å². The van der Waals surface area contributed by atoms with Gasteiger partial charge >= 0.3 is 0 Å². The van der Waals surface area contributed by atoms with Gasteiger partial charge in [-0.25, -0.2) is 4.39 Å². The van der Waals surface area contributed by atoms with E-state index >= 15 is 0 Å². The van der Waals surface area contributed by atoms with Gasteiger partial charge in [-0.1, -0.05) is 24.0 Å². The summed E-state index contributed by atoms with van der Waals surface area (Å²) in [6.07, 6.45) is 1.58. The molecular formula is C17H20FN3O3S2. The molecule has 26 heavy (non-hydrogen) atoms. The number of carbonyl (C=O) groups excluding carboxylic acids is 3. The van der Waals surface area contributed by atoms with Crippen molar-refractivity contribution in [3.05, 3.63) is 30.1 Å². The van der Waals surface area contributed by atoms with Crippen LogP contribution in [-0.4, -0.2) is 57.7 Å². The van der Waals surface area contributed by atoms with E-state index in [1.807, 2.05) is 0 Å². The zero-order valence-corrected chi connectivity index (χ0v) is 16.0. The summed E-state index contributed by atoms with van der Waals surface area (Å²) < 4.78 is 13.4. The van der Waals surface area contributed by atoms with Crippen molar-refractivity contribution in [2.75, 3.05) is 31.2 Å². The lowest BCUT2D eigenvalue weighted by Crippen LogP contribution is -2.35. The van der Waals surface area contributed by atoms with Crippen molar-refractivity contribution in [2.45, 2.75) is 19.3 Å². The molecule has 1 saturated heterocycles. The van der Waals surface area contributed by atoms with E-state index in [1.165, 1.54) is 40.9 Å². The lowest BCUT2D eigenvalue weighted by molar-refractivity contribution is -0.133. The highest BCUT2D eigenvalue weighted by atomic mass is 32.2. The van der Waals surface area contributed by atoms with Gasteiger partial charge in [-0.3, -0.25) is 19.3 Å². The van der Waals surface area contributed by atoms with Gasteiger partial charge in [0.15, 0.2) is 0 Å². The third kappa shape index (κ3) is 6.06. The molecule has 3 amide bonds. The Bertz CT molecular complexity index is 681. The average molecular weight is 397 g/mol. The first-order valence-electron chi connectivity index (χ1n) is 8.13. The number of hydrogen-bond donors (Lipinski definition) is 1. The van der Waals surface area contributed by atoms with Gasteiger partial charge in [0.1, 0.15) is 10.1 Å². The zero-order valence-electron chi connectivity index (χ0n) is 14.4. The smallest absolute Gasteiger partial charge is 0.243 e. The van der Waals surface area contributed by atoms with E-state index in [-0.39, 0.29) is 30.1 Å². The predicted molar refractivity (Wildman–Crippen MR) is 103 cm³/mol. The highest BCUT2D eigenvalue weighted by molar-refractivity contribution is 8.23. The maximum atomic E-state index is 12.8. The molecule has 2 rings (SSSR count). The van der Waals surface area contributed by atoms with Crippen molar-refractivity contribution in [1.29, 1.82) is 0 Å². The molecule has 0 bridgehead atoms. The number of carbonyl (C=O) groups is 3. The van der Waals surface area contributed by atoms with Crippen LogP contribution in [0.15, 0.2) is 24.3 Å². The Balaban J connectivity index is 1.66. The maximum absolute atomic E-state index is 12.8. The standard InChI is InChI=1S/C17H20FN3O3S2/c1-20(10-14(22)19-13-7-5-12(18)6-8-13)15(23)4-2-3-9-21-16(24)11-26-17(21)25/h5-8H,2-4,9-11H2,1H3,(H,19,22). The highest BCUT2D eigenvalue weighted by Crippen LogP contribution is 2.19. The third-order valence-electron chi connectivity index (χ3n) is 3.80. The van der Waals surface area contributed by atoms with Gasteiger partial charge in [0, 0.05) is 25.7 Å². The molecule has 1 heterocycles. The van der Waals surface area contributed by atoms with Crippen LogP contribution < -0.4 is 5.32 Å². The third-order valence-corrected chi connectivity index (χ3v) is 5.23. The van der Waals surface area contributed by atoms with Crippen molar-refractivity contribution in [3.8, 4) is 0 Å². The Morgan fingerprint density at radius 3 is 2.62 bits per heavy atom. The Labute approximate surface area is 161 Å². The van der Waals surface area contributed by atoms with Crippen molar-refractivity contribution in [1.82, 2.24) is 9.80 Å². The molecule has 9 heteroatoms. The fraction of sp³-hybridized carbons (Fsp3) is 0.412. The van der Waals surface area contributed by atoms with Gasteiger partial charge in [-0.05, 0) is 37.1 Å². The number of rotatable bonds is 8. The van der Waals surface area contributed by atoms with Crippen LogP contribution in [0.3, 0.4) is 0 Å². The number of benzene rings is 1. The normalized spacial score (nSPS) is 13.8. The van der Waals surface area contributed by atoms with Crippen LogP contribution >= 0.6 is 24.0 Å². The summed E-state index contributed by atoms with van der Waals surface area (Å²) in [5.41, 5.74) is 0.473. The van der Waals surface area contributed by atoms with E-state index < -0.39 is 0 Å². The van der Waals surface area contributed by atoms with E-state index in [0.717, 1.165) is 0 Å². The number of hydrogen-bond acceptors (Lipinski definition) is 5. The predicted octanol–water partition coefficient (Wildman–Crippen LogP) is 2.25. The SMILES string of the molecule is CN(CC(=O)Nc1ccc(F)cc1)C(=O)CCCCN1C(=O)CSC1=S. The maximum Gasteiger partial charge on any atom is 0.243 e. The largest absolute Gasteiger partial charge is 0.336 e. The number of amides is 3. The number of unbranched alkanes of at least 4 members (excludes halogenated alkanes) is 1. The molecule has 0 unspecified atom stereocenters. The van der Waals surface area contributed by atoms with E-state index in [2.05, 4.69) is 5.32 Å². The summed E-state index contributed by atoms with van der Waals surface area (Å²) in [4.78, 5) is 38.5. The number of thiocarbonyl (C=S) groups is 1. The molecule has 140 valence electrons. The number of nitrogens with zero attached hydrogens (tertiary/aromatic N) is 2. The highest BCUT2D eigenvalue weighted by Gasteiger charge is 2.25. The Morgan fingerprint density at radius 2 is 2.00 bits per heavy atom. The fourth-order valence-corrected chi connectivity index (χ4v) is 3.49. The Morgan fingerprint density at radius 1 is 1.31 bits per heavy atom. The quantitative estimate of drug-likeness (QED) is 0.538. The molecule has 0 saturated carbocycles. The van der Waals surface area contributed by atoms with Crippen molar-refractivity contribution in [3.63, 3.8) is 0 Å². The first kappa shape index (κ1) is 20.3. The van der Waals surface area contributed by atoms with Crippen LogP contribution in [0, 0.1) is 5.82 Å². The molecule has 0 aromatic heterocycles. The number of thioether (sulfide) groups is 1. The fourth-order valence-electron chi connectivity index (χ4n) is 2.37. The molecule has 0 aliphatic carbocycles. The van der Waals surface area contributed by atoms with Gasteiger partial charge < -0.3 is 10.2 Å². The van der Waals surface area contributed by atoms with Crippen LogP contribution in [0.25, 0.3) is 0 Å². The zero-order chi connectivity index (χ0) is 19.1. The number of halogens is 1. The summed E-state index contributed by atoms with van der Waals surface area (Å²) in [5, 5.41) is 2.61. The summed E-state index contributed by atoms with van der Waals surface area (Å²) in [6, 6.07) is 5.41. The second-order valence-electron chi connectivity index (χ2n) is 5.86. The molecule has 0 atom stereocenters. The average Bonchev–Trinajstić information content (AvgIpc) is 2.92. The van der Waals surface area contributed by atoms with Crippen LogP contribution in [0.1, 0.15) is 19.3 Å². The van der Waals surface area contributed by atoms with Gasteiger partial charge in [0.05, 0.1) is 12.3 Å². The molecule has 1 fully saturated rings. The van der Waals surface area contributed by atoms with Gasteiger partial charge in [0.25, 0.3) is 0 Å². The van der Waals surface area contributed by atoms with Crippen molar-refractivity contribution >= 4 is 51.7 Å². The summed E-state index contributed by atoms with van der Waals surface area (Å²) in [7, 11) is 1.56. The molecule has 0 radical (unpaired) electrons. The second-order valence-corrected chi connectivity index (χ2v) is 7.47. The molecule has 0 spiro atoms. The van der Waals surface area contributed by atoms with Gasteiger partial charge in [-0.15, -0.1) is 0 Å². The minimum Gasteiger partial charge on any atom is -0.336 e. The Hall–Kier alpha value is -2.00. The molecule has 1 aromatic carbocycles. The molecule has 1 N–H and O–H groups in total. The number of likely N-dealkylation sites (N-methyl/N-ethyl adjacent to an activating group) is 1. The molecule has 1 aromatic rings. The topological polar surface area (TPSA) is 69.7 Å². The minimum absolute atomic E-state index is 0.0147. The second kappa shape index (κ2) is 9.63. The van der Waals surface area contributed by atoms with Gasteiger partial charge in [0.2, 0.25) is 17.7 Å². The van der Waals surface area contributed by atoms with Crippen LogP contribution in [0.5, 0.6) is 0 Å². The summed E-state index contributed by atoms with van der Waals surface area (Å²) >= 11 is 6.45. The first-order valence-corrected chi connectivity index (χ1v) is 9.52. The van der Waals surface area contributed by atoms with E-state index in [4.69, 9.17) is 12.2 Å². The molecule has 1 aliphatic heterocycles. The first-order chi connectivity index (χ1) is 12.4. The molecule has 6 nitrogen and oxygen atoms in total. The number of anilines is 1. The van der Waals surface area contributed by atoms with Crippen LogP contribution in [0.4, 0.5) is 10.1 Å². The lowest BCUT2D eigenvalue weighted by Gasteiger charge is -2.18. The molecular weight excluding hydrogens is 377 g/mol. The minimum atomic E-state index is -0.384. The lowest BCUT2D eigenvalue weighted by atomic mass is 10.2. The summed E-state index contributed by atoms with van der Waals surface area (Å²) in [5.74, 6) is -0.475. The Kier molecular flexibility index (Phi) is 7.52. The monoisotopic (exact) mass is 397 g/mol. The summed E-state index contributed by atoms with van der Waals surface area (Å²) in [6.45, 7) is 0.439. The van der Waals surface area contributed by atoms with E-state index in [1.54, 1.807) is 11.9 Å².